The number of fused-ring (bicyclic) bond motifs is 18. The first-order valence-corrected chi connectivity index (χ1v) is 48.8. The third-order valence-corrected chi connectivity index (χ3v) is 31.9. The lowest BCUT2D eigenvalue weighted by molar-refractivity contribution is -0.158. The molecule has 0 radical (unpaired) electrons. The summed E-state index contributed by atoms with van der Waals surface area (Å²) in [5.74, 6) is 0.838. The molecule has 14 heterocycles. The van der Waals surface area contributed by atoms with Crippen LogP contribution in [0.4, 0.5) is 0 Å². The number of hydrogen-bond acceptors (Lipinski definition) is 33. The molecule has 34 heteroatoms. The molecule has 145 heavy (non-hydrogen) atoms. The first kappa shape index (κ1) is 106. The molecule has 14 aliphatic rings. The van der Waals surface area contributed by atoms with Crippen molar-refractivity contribution in [1.29, 1.82) is 10.5 Å². The fraction of sp³-hybridized carbons (Fsp3) is 0.378. The quantitative estimate of drug-likeness (QED) is 0.0340. The van der Waals surface area contributed by atoms with Crippen LogP contribution >= 0.6 is 35.1 Å². The van der Waals surface area contributed by atoms with Crippen LogP contribution < -0.4 is 67.5 Å². The number of likely N-dealkylation sites (N-methyl/N-ethyl adjacent to an activating group) is 2. The largest absolute Gasteiger partial charge is 0.504 e. The Morgan fingerprint density at radius 1 is 0.476 bits per heavy atom. The predicted octanol–water partition coefficient (Wildman–Crippen LogP) is 16.8. The van der Waals surface area contributed by atoms with E-state index in [9.17, 15) is 49.5 Å². The minimum atomic E-state index is -1.49. The Bertz CT molecular complexity index is 6790. The summed E-state index contributed by atoms with van der Waals surface area (Å²) >= 11 is 8.03. The number of methoxy groups -OCH3 is 4. The summed E-state index contributed by atoms with van der Waals surface area (Å²) in [6.45, 7) is 10.3. The molecule has 4 N–H and O–H groups in total. The second-order valence-electron chi connectivity index (χ2n) is 36.5. The number of halogens is 1. The van der Waals surface area contributed by atoms with Gasteiger partial charge in [0.2, 0.25) is 18.8 Å². The summed E-state index contributed by atoms with van der Waals surface area (Å²) in [5, 5.41) is 50.8. The van der Waals surface area contributed by atoms with Gasteiger partial charge in [-0.1, -0.05) is 139 Å². The lowest BCUT2D eigenvalue weighted by Crippen LogP contribution is -2.69. The number of allylic oxidation sites excluding steroid dienone is 1. The molecule has 0 aliphatic carbocycles. The van der Waals surface area contributed by atoms with Crippen molar-refractivity contribution in [3.05, 3.63) is 251 Å². The van der Waals surface area contributed by atoms with E-state index < -0.39 is 117 Å². The van der Waals surface area contributed by atoms with E-state index in [0.29, 0.717) is 135 Å². The monoisotopic (exact) mass is 2030 g/mol. The lowest BCUT2D eigenvalue weighted by atomic mass is 9.71. The van der Waals surface area contributed by atoms with Crippen molar-refractivity contribution in [2.45, 2.75) is 179 Å². The molecule has 0 aromatic heterocycles. The van der Waals surface area contributed by atoms with Crippen molar-refractivity contribution in [3.8, 4) is 92.6 Å². The highest BCUT2D eigenvalue weighted by Gasteiger charge is 2.65. The van der Waals surface area contributed by atoms with Crippen LogP contribution in [0.2, 0.25) is 0 Å². The van der Waals surface area contributed by atoms with Gasteiger partial charge in [0.05, 0.1) is 75.2 Å². The van der Waals surface area contributed by atoms with Crippen molar-refractivity contribution in [3.63, 3.8) is 0 Å². The molecular weight excluding hydrogens is 1910 g/mol. The number of rotatable bonds is 14. The van der Waals surface area contributed by atoms with Gasteiger partial charge < -0.3 is 76.5 Å². The molecule has 8 bridgehead atoms. The lowest BCUT2D eigenvalue weighted by Gasteiger charge is -2.62. The van der Waals surface area contributed by atoms with E-state index >= 15 is 4.79 Å². The van der Waals surface area contributed by atoms with Gasteiger partial charge in [0, 0.05) is 119 Å². The van der Waals surface area contributed by atoms with Gasteiger partial charge in [0.1, 0.15) is 36.8 Å². The number of benzene rings is 9. The van der Waals surface area contributed by atoms with E-state index in [1.54, 1.807) is 49.6 Å². The van der Waals surface area contributed by atoms with Crippen molar-refractivity contribution in [2.24, 2.45) is 0 Å². The Labute approximate surface area is 856 Å². The predicted molar refractivity (Wildman–Crippen MR) is 548 cm³/mol. The molecule has 14 aliphatic heterocycles. The zero-order valence-corrected chi connectivity index (χ0v) is 81.7. The number of aryl methyl sites for hydroxylation is 2. The number of nitrogens with one attached hydrogen (secondary N) is 2. The fourth-order valence-corrected chi connectivity index (χ4v) is 26.4. The minimum Gasteiger partial charge on any atom is -0.504 e. The number of nitrogens with zero attached hydrogens (tertiary/aromatic N) is 6. The number of carbonyl (C=O) groups excluding carboxylic acids is 7. The highest BCUT2D eigenvalue weighted by atomic mass is 35.5. The van der Waals surface area contributed by atoms with Crippen LogP contribution in [-0.4, -0.2) is 201 Å². The Morgan fingerprint density at radius 2 is 0.890 bits per heavy atom. The molecule has 4 saturated heterocycles. The van der Waals surface area contributed by atoms with Gasteiger partial charge >= 0.3 is 35.8 Å². The summed E-state index contributed by atoms with van der Waals surface area (Å²) in [7, 11) is 9.98. The Hall–Kier alpha value is -13.6. The third-order valence-electron chi connectivity index (χ3n) is 28.9. The van der Waals surface area contributed by atoms with E-state index in [0.717, 1.165) is 50.1 Å². The average Bonchev–Trinajstić information content (AvgIpc) is 1.06. The number of aromatic hydroxyl groups is 2. The number of hydrogen-bond donors (Lipinski definition) is 4. The van der Waals surface area contributed by atoms with E-state index in [2.05, 4.69) is 42.4 Å². The number of phenols is 2. The highest BCUT2D eigenvalue weighted by molar-refractivity contribution is 7.99. The van der Waals surface area contributed by atoms with Crippen LogP contribution in [0.3, 0.4) is 0 Å². The van der Waals surface area contributed by atoms with Gasteiger partial charge in [-0.2, -0.15) is 10.5 Å². The average molecular weight is 2030 g/mol. The van der Waals surface area contributed by atoms with Gasteiger partial charge in [0.25, 0.3) is 0 Å². The molecule has 0 amide bonds. The summed E-state index contributed by atoms with van der Waals surface area (Å²) in [6.07, 6.45) is 11.0. The van der Waals surface area contributed by atoms with Crippen LogP contribution in [0.15, 0.2) is 146 Å². The molecule has 9 aromatic rings. The molecule has 2 unspecified atom stereocenters. The molecule has 9 aromatic carbocycles. The van der Waals surface area contributed by atoms with Crippen molar-refractivity contribution in [1.82, 2.24) is 30.2 Å². The Balaban J connectivity index is 0.000000198. The number of carbonyl (C=O) groups is 7. The van der Waals surface area contributed by atoms with E-state index in [4.69, 9.17) is 77.9 Å². The van der Waals surface area contributed by atoms with Crippen molar-refractivity contribution >= 4 is 94.4 Å². The van der Waals surface area contributed by atoms with Crippen molar-refractivity contribution < 1.29 is 110 Å². The Kier molecular flexibility index (Phi) is 31.3. The maximum atomic E-state index is 15.3. The number of nitriles is 2. The van der Waals surface area contributed by atoms with Gasteiger partial charge in [-0.3, -0.25) is 44.6 Å². The minimum absolute atomic E-state index is 0. The first-order valence-electron chi connectivity index (χ1n) is 46.3. The van der Waals surface area contributed by atoms with Gasteiger partial charge in [-0.15, -0.1) is 23.5 Å². The molecule has 2 spiro atoms. The second kappa shape index (κ2) is 43.0. The number of esters is 6. The van der Waals surface area contributed by atoms with E-state index in [1.165, 1.54) is 76.9 Å². The molecule has 760 valence electrons. The van der Waals surface area contributed by atoms with Gasteiger partial charge in [-0.25, -0.2) is 19.2 Å². The molecule has 14 atom stereocenters. The maximum Gasteiger partial charge on any atom is 0.336 e. The van der Waals surface area contributed by atoms with Crippen LogP contribution in [-0.2, 0) is 79.8 Å². The Morgan fingerprint density at radius 3 is 1.32 bits per heavy atom. The fourth-order valence-electron chi connectivity index (χ4n) is 23.0. The topological polar surface area (TPSA) is 374 Å². The van der Waals surface area contributed by atoms with Gasteiger partial charge in [-0.05, 0) is 183 Å². The zero-order chi connectivity index (χ0) is 99.1. The summed E-state index contributed by atoms with van der Waals surface area (Å²) in [4.78, 5) is 103. The van der Waals surface area contributed by atoms with E-state index in [-0.39, 0.29) is 114 Å². The van der Waals surface area contributed by atoms with Crippen LogP contribution in [0, 0.1) is 50.4 Å². The zero-order valence-electron chi connectivity index (χ0n) is 79.3. The molecular formula is C111H119ClN8O23S2. The third kappa shape index (κ3) is 18.5. The van der Waals surface area contributed by atoms with E-state index in [1.807, 2.05) is 145 Å². The summed E-state index contributed by atoms with van der Waals surface area (Å²) in [5.41, 5.74) is 11.0. The number of ether oxygens (including phenoxy) is 14. The van der Waals surface area contributed by atoms with Crippen molar-refractivity contribution in [2.75, 3.05) is 93.9 Å². The molecule has 23 rings (SSSR count). The molecule has 4 fully saturated rings. The second-order valence-corrected chi connectivity index (χ2v) is 39.2. The van der Waals surface area contributed by atoms with Crippen LogP contribution in [0.1, 0.15) is 184 Å². The first-order chi connectivity index (χ1) is 68.1. The maximum absolute atomic E-state index is 15.3. The van der Waals surface area contributed by atoms with Crippen LogP contribution in [0.5, 0.6) is 80.5 Å². The number of phenolic OH excluding ortho intramolecular Hbond substituents is 2. The molecule has 0 saturated carbocycles. The summed E-state index contributed by atoms with van der Waals surface area (Å²) in [6, 6.07) is 38.5. The standard InChI is InChI=1S/C58H54N4O12S.C40H42N4O10S.C9H7ClO.4CH4/c1-31-23-37-24-39-40(27-59)62-41-28-69-57(66)58(38-26-42(67-5)43(25-36(38)21-22-60-58)73-44(64)19-17-34-13-9-7-10-14-34)29-75-56(48-47(41)54-53(70-30-71-54)32(2)52(48)72-33(3)63)50(62)49(61(39)4)46(37)55(51(31)68-6)74-45(65)20-18-35-15-11-8-12-16-35;1-17-9-21-10-23-24(13-41)44-25-14-51-39(48)40(22-12-27(49-5)26(46)11-20(22)7-8-42-40)15-55-38(32(44)31(43(23)4)28(21)33(47)34(17)50-6)30-29(25)37-36(52-16-53-37)18(2)35(30)54-19(3)45;10-9(11)7-6-8-4-2-1-3-5-8;;;;/h7-20,23,25-26,39-41,49-50,56,60H,21-22,24,28-30H2,1-6H3;9,11-12,23-25,31-32,38,42,46-47H,7-8,10,14-16H2,1-6H3;1-7H;4*1H4/b19-17+,20-18?;;7-6+;;;;/t39-,40-,41-,49+,50?,56+,58+;23-,24-,25-,31+,32?,38+,40+;;;;;/m00...../s1. The van der Waals surface area contributed by atoms with Crippen LogP contribution in [0.25, 0.3) is 18.2 Å². The molecule has 31 nitrogen and oxygen atoms in total. The van der Waals surface area contributed by atoms with Gasteiger partial charge in [0.15, 0.2) is 80.1 Å². The normalized spacial score (nSPS) is 24.3. The number of piperazine rings is 2. The SMILES string of the molecule is C.C.C.C.COc1cc2c(cc1O)CCN[C@]21CS[C@@H]2c3c(OC(C)=O)c(C)c4c(c3[C@H](COC1=O)N1C2[C@H]2c3c(cc(C)c(OC)c3O)C[C@@H]([C@@H]1C#N)N2C)OCO4.COc1cc2c(cc1OC(=O)/C=C/c1ccccc1)CCN[C@]21CS[C@@H]2c3c(OC(C)=O)c(C)c4c(c3[C@H](COC1=O)N1C2[C@H]2c3c(cc(C)c(OC)c3OC(=O)C=Cc3ccccc3)C[C@@H]([C@@H]1C#N)N2C)OCO4.O=C(Cl)/C=C/c1ccccc1. The summed E-state index contributed by atoms with van der Waals surface area (Å²) < 4.78 is 85.8. The smallest absolute Gasteiger partial charge is 0.336 e. The number of thioether (sulfide) groups is 2. The highest BCUT2D eigenvalue weighted by Crippen LogP contribution is 2.68.